The Morgan fingerprint density at radius 2 is 2.00 bits per heavy atom. The van der Waals surface area contributed by atoms with E-state index in [1.165, 1.54) is 16.7 Å². The van der Waals surface area contributed by atoms with E-state index in [9.17, 15) is 0 Å². The highest BCUT2D eigenvalue weighted by Gasteiger charge is 2.15. The van der Waals surface area contributed by atoms with Crippen molar-refractivity contribution in [3.8, 4) is 5.75 Å². The topological polar surface area (TPSA) is 21.3 Å². The lowest BCUT2D eigenvalue weighted by atomic mass is 9.95. The van der Waals surface area contributed by atoms with Crippen LogP contribution in [0.15, 0.2) is 40.9 Å². The first kappa shape index (κ1) is 16.3. The summed E-state index contributed by atoms with van der Waals surface area (Å²) < 4.78 is 6.40. The van der Waals surface area contributed by atoms with Crippen molar-refractivity contribution in [2.24, 2.45) is 0 Å². The van der Waals surface area contributed by atoms with Crippen LogP contribution in [0.2, 0.25) is 5.02 Å². The van der Waals surface area contributed by atoms with Gasteiger partial charge in [0.05, 0.1) is 7.11 Å². The summed E-state index contributed by atoms with van der Waals surface area (Å²) in [7, 11) is 3.66. The second-order valence-electron chi connectivity index (χ2n) is 5.00. The van der Waals surface area contributed by atoms with Gasteiger partial charge in [0.1, 0.15) is 5.75 Å². The van der Waals surface area contributed by atoms with Crippen molar-refractivity contribution in [1.82, 2.24) is 5.32 Å². The fourth-order valence-electron chi connectivity index (χ4n) is 2.41. The van der Waals surface area contributed by atoms with Gasteiger partial charge in [0.25, 0.3) is 0 Å². The highest BCUT2D eigenvalue weighted by Crippen LogP contribution is 2.29. The molecule has 0 saturated heterocycles. The predicted molar refractivity (Wildman–Crippen MR) is 92.4 cm³/mol. The summed E-state index contributed by atoms with van der Waals surface area (Å²) >= 11 is 9.76. The number of hydrogen-bond acceptors (Lipinski definition) is 2. The standard InChI is InChI=1S/C17H19BrClNO/c1-11-4-5-13(19)10-15(11)17(20-2)9-12-8-14(21-3)6-7-16(12)18/h4-8,10,17,20H,9H2,1-3H3. The monoisotopic (exact) mass is 367 g/mol. The molecule has 0 aliphatic heterocycles. The molecule has 2 aromatic rings. The maximum Gasteiger partial charge on any atom is 0.119 e. The summed E-state index contributed by atoms with van der Waals surface area (Å²) in [5.41, 5.74) is 3.66. The van der Waals surface area contributed by atoms with Crippen molar-refractivity contribution in [3.05, 3.63) is 62.6 Å². The number of aryl methyl sites for hydroxylation is 1. The van der Waals surface area contributed by atoms with Crippen molar-refractivity contribution in [2.75, 3.05) is 14.2 Å². The van der Waals surface area contributed by atoms with Gasteiger partial charge in [0, 0.05) is 15.5 Å². The van der Waals surface area contributed by atoms with Gasteiger partial charge in [0.2, 0.25) is 0 Å². The number of ether oxygens (including phenoxy) is 1. The Morgan fingerprint density at radius 3 is 2.67 bits per heavy atom. The molecule has 21 heavy (non-hydrogen) atoms. The minimum absolute atomic E-state index is 0.201. The molecule has 112 valence electrons. The quantitative estimate of drug-likeness (QED) is 0.808. The second kappa shape index (κ2) is 7.30. The van der Waals surface area contributed by atoms with Crippen molar-refractivity contribution in [1.29, 1.82) is 0 Å². The Hall–Kier alpha value is -1.03. The molecule has 0 amide bonds. The van der Waals surface area contributed by atoms with Gasteiger partial charge in [0.15, 0.2) is 0 Å². The van der Waals surface area contributed by atoms with Crippen LogP contribution < -0.4 is 10.1 Å². The number of hydrogen-bond donors (Lipinski definition) is 1. The summed E-state index contributed by atoms with van der Waals surface area (Å²) in [5, 5.41) is 4.14. The Kier molecular flexibility index (Phi) is 5.68. The third-order valence-corrected chi connectivity index (χ3v) is 4.65. The third kappa shape index (κ3) is 4.00. The lowest BCUT2D eigenvalue weighted by molar-refractivity contribution is 0.414. The summed E-state index contributed by atoms with van der Waals surface area (Å²) in [6, 6.07) is 12.3. The Labute approximate surface area is 139 Å². The van der Waals surface area contributed by atoms with E-state index in [1.807, 2.05) is 31.3 Å². The average molecular weight is 369 g/mol. The average Bonchev–Trinajstić information content (AvgIpc) is 2.49. The molecule has 0 fully saturated rings. The van der Waals surface area contributed by atoms with E-state index in [1.54, 1.807) is 7.11 Å². The van der Waals surface area contributed by atoms with Gasteiger partial charge in [-0.1, -0.05) is 33.6 Å². The first-order valence-corrected chi connectivity index (χ1v) is 7.98. The Balaban J connectivity index is 2.33. The fraction of sp³-hybridized carbons (Fsp3) is 0.294. The molecule has 0 aliphatic rings. The number of likely N-dealkylation sites (N-methyl/N-ethyl adjacent to an activating group) is 1. The van der Waals surface area contributed by atoms with Crippen LogP contribution in [0, 0.1) is 6.92 Å². The number of methoxy groups -OCH3 is 1. The van der Waals surface area contributed by atoms with Crippen LogP contribution in [0.5, 0.6) is 5.75 Å². The van der Waals surface area contributed by atoms with Gasteiger partial charge in [-0.3, -0.25) is 0 Å². The summed E-state index contributed by atoms with van der Waals surface area (Å²) in [4.78, 5) is 0. The molecule has 0 aliphatic carbocycles. The summed E-state index contributed by atoms with van der Waals surface area (Å²) in [5.74, 6) is 0.867. The first-order chi connectivity index (χ1) is 10.0. The molecule has 0 aromatic heterocycles. The van der Waals surface area contributed by atoms with Crippen LogP contribution in [0.3, 0.4) is 0 Å². The van der Waals surface area contributed by atoms with Crippen molar-refractivity contribution >= 4 is 27.5 Å². The van der Waals surface area contributed by atoms with Crippen molar-refractivity contribution < 1.29 is 4.74 Å². The second-order valence-corrected chi connectivity index (χ2v) is 6.29. The summed E-state index contributed by atoms with van der Waals surface area (Å²) in [6.07, 6.45) is 0.857. The molecular formula is C17H19BrClNO. The number of rotatable bonds is 5. The third-order valence-electron chi connectivity index (χ3n) is 3.64. The van der Waals surface area contributed by atoms with Gasteiger partial charge in [-0.2, -0.15) is 0 Å². The number of benzene rings is 2. The fourth-order valence-corrected chi connectivity index (χ4v) is 3.00. The van der Waals surface area contributed by atoms with Crippen LogP contribution in [0.25, 0.3) is 0 Å². The van der Waals surface area contributed by atoms with E-state index in [0.29, 0.717) is 0 Å². The molecule has 1 N–H and O–H groups in total. The molecule has 2 aromatic carbocycles. The first-order valence-electron chi connectivity index (χ1n) is 6.81. The minimum atomic E-state index is 0.201. The molecule has 2 nitrogen and oxygen atoms in total. The van der Waals surface area contributed by atoms with Crippen LogP contribution in [0.1, 0.15) is 22.7 Å². The Bertz CT molecular complexity index is 630. The number of nitrogens with one attached hydrogen (secondary N) is 1. The minimum Gasteiger partial charge on any atom is -0.497 e. The SMILES string of the molecule is CNC(Cc1cc(OC)ccc1Br)c1cc(Cl)ccc1C. The maximum atomic E-state index is 6.14. The molecule has 1 atom stereocenters. The largest absolute Gasteiger partial charge is 0.497 e. The molecule has 0 bridgehead atoms. The highest BCUT2D eigenvalue weighted by atomic mass is 79.9. The van der Waals surface area contributed by atoms with E-state index in [2.05, 4.69) is 40.3 Å². The lowest BCUT2D eigenvalue weighted by Gasteiger charge is -2.20. The molecule has 0 saturated carbocycles. The van der Waals surface area contributed by atoms with E-state index in [0.717, 1.165) is 21.7 Å². The molecule has 0 heterocycles. The lowest BCUT2D eigenvalue weighted by Crippen LogP contribution is -2.20. The normalized spacial score (nSPS) is 12.2. The zero-order valence-electron chi connectivity index (χ0n) is 12.4. The van der Waals surface area contributed by atoms with Gasteiger partial charge < -0.3 is 10.1 Å². The summed E-state index contributed by atoms with van der Waals surface area (Å²) in [6.45, 7) is 2.11. The smallest absolute Gasteiger partial charge is 0.119 e. The van der Waals surface area contributed by atoms with Gasteiger partial charge in [-0.05, 0) is 67.4 Å². The van der Waals surface area contributed by atoms with Crippen LogP contribution in [0.4, 0.5) is 0 Å². The van der Waals surface area contributed by atoms with Gasteiger partial charge >= 0.3 is 0 Å². The van der Waals surface area contributed by atoms with E-state index >= 15 is 0 Å². The predicted octanol–water partition coefficient (Wildman–Crippen LogP) is 4.92. The Morgan fingerprint density at radius 1 is 1.24 bits per heavy atom. The van der Waals surface area contributed by atoms with Gasteiger partial charge in [-0.15, -0.1) is 0 Å². The highest BCUT2D eigenvalue weighted by molar-refractivity contribution is 9.10. The molecular weight excluding hydrogens is 350 g/mol. The zero-order chi connectivity index (χ0) is 15.4. The molecule has 2 rings (SSSR count). The van der Waals surface area contributed by atoms with E-state index < -0.39 is 0 Å². The van der Waals surface area contributed by atoms with Crippen molar-refractivity contribution in [2.45, 2.75) is 19.4 Å². The van der Waals surface area contributed by atoms with E-state index in [4.69, 9.17) is 16.3 Å². The molecule has 1 unspecified atom stereocenters. The van der Waals surface area contributed by atoms with Crippen molar-refractivity contribution in [3.63, 3.8) is 0 Å². The van der Waals surface area contributed by atoms with Crippen LogP contribution in [-0.4, -0.2) is 14.2 Å². The van der Waals surface area contributed by atoms with Crippen LogP contribution >= 0.6 is 27.5 Å². The zero-order valence-corrected chi connectivity index (χ0v) is 14.8. The van der Waals surface area contributed by atoms with Gasteiger partial charge in [-0.25, -0.2) is 0 Å². The molecule has 0 spiro atoms. The van der Waals surface area contributed by atoms with E-state index in [-0.39, 0.29) is 6.04 Å². The maximum absolute atomic E-state index is 6.14. The molecule has 0 radical (unpaired) electrons. The number of halogens is 2. The molecule has 4 heteroatoms. The van der Waals surface area contributed by atoms with Crippen LogP contribution in [-0.2, 0) is 6.42 Å².